The average molecular weight is 427 g/mol. The Bertz CT molecular complexity index is 699. The summed E-state index contributed by atoms with van der Waals surface area (Å²) in [5.74, 6) is 0.318. The summed E-state index contributed by atoms with van der Waals surface area (Å²) in [4.78, 5) is 23.0. The highest BCUT2D eigenvalue weighted by Gasteiger charge is 2.09. The number of rotatable bonds is 5. The summed E-state index contributed by atoms with van der Waals surface area (Å²) in [7, 11) is 0. The smallest absolute Gasteiger partial charge is 0.221 e. The molecule has 0 aliphatic rings. The van der Waals surface area contributed by atoms with Crippen LogP contribution in [-0.2, 0) is 4.79 Å². The average Bonchev–Trinajstić information content (AvgIpc) is 2.46. The third-order valence-corrected chi connectivity index (χ3v) is 3.89. The topological polar surface area (TPSA) is 55.4 Å². The second-order valence-electron chi connectivity index (χ2n) is 4.55. The molecular weight excluding hydrogens is 414 g/mol. The Hall–Kier alpha value is -1.66. The summed E-state index contributed by atoms with van der Waals surface area (Å²) in [5.41, 5.74) is 1.18. The molecule has 0 heterocycles. The van der Waals surface area contributed by atoms with Crippen molar-refractivity contribution in [3.63, 3.8) is 0 Å². The standard InChI is InChI=1S/C16H13Br2NO3/c1-10(20)19-13-5-2-11(3-6-13)15(21)9-22-16-7-4-12(17)8-14(16)18/h2-8H,9H2,1H3,(H,19,20). The predicted molar refractivity (Wildman–Crippen MR) is 92.4 cm³/mol. The number of anilines is 1. The van der Waals surface area contributed by atoms with Crippen LogP contribution >= 0.6 is 31.9 Å². The van der Waals surface area contributed by atoms with Gasteiger partial charge in [0.1, 0.15) is 5.75 Å². The van der Waals surface area contributed by atoms with E-state index in [9.17, 15) is 9.59 Å². The van der Waals surface area contributed by atoms with Gasteiger partial charge in [-0.25, -0.2) is 0 Å². The summed E-state index contributed by atoms with van der Waals surface area (Å²) in [6.07, 6.45) is 0. The third-order valence-electron chi connectivity index (χ3n) is 2.78. The highest BCUT2D eigenvalue weighted by Crippen LogP contribution is 2.28. The van der Waals surface area contributed by atoms with Crippen LogP contribution in [0.2, 0.25) is 0 Å². The van der Waals surface area contributed by atoms with Gasteiger partial charge >= 0.3 is 0 Å². The molecule has 6 heteroatoms. The van der Waals surface area contributed by atoms with Crippen LogP contribution in [0.3, 0.4) is 0 Å². The van der Waals surface area contributed by atoms with Gasteiger partial charge in [-0.15, -0.1) is 0 Å². The number of hydrogen-bond donors (Lipinski definition) is 1. The lowest BCUT2D eigenvalue weighted by Gasteiger charge is -2.08. The van der Waals surface area contributed by atoms with Crippen molar-refractivity contribution in [2.75, 3.05) is 11.9 Å². The van der Waals surface area contributed by atoms with E-state index in [0.717, 1.165) is 8.95 Å². The fraction of sp³-hybridized carbons (Fsp3) is 0.125. The zero-order valence-electron chi connectivity index (χ0n) is 11.7. The minimum Gasteiger partial charge on any atom is -0.484 e. The van der Waals surface area contributed by atoms with Crippen LogP contribution in [0, 0.1) is 0 Å². The van der Waals surface area contributed by atoms with Gasteiger partial charge in [0, 0.05) is 22.6 Å². The molecule has 1 amide bonds. The fourth-order valence-electron chi connectivity index (χ4n) is 1.76. The molecule has 2 aromatic carbocycles. The highest BCUT2D eigenvalue weighted by atomic mass is 79.9. The van der Waals surface area contributed by atoms with Gasteiger partial charge in [-0.1, -0.05) is 15.9 Å². The molecule has 0 spiro atoms. The first-order valence-electron chi connectivity index (χ1n) is 6.44. The van der Waals surface area contributed by atoms with Crippen LogP contribution in [0.5, 0.6) is 5.75 Å². The largest absolute Gasteiger partial charge is 0.484 e. The van der Waals surface area contributed by atoms with Crippen molar-refractivity contribution < 1.29 is 14.3 Å². The molecule has 22 heavy (non-hydrogen) atoms. The Balaban J connectivity index is 1.98. The number of nitrogens with one attached hydrogen (secondary N) is 1. The normalized spacial score (nSPS) is 10.1. The molecule has 2 rings (SSSR count). The summed E-state index contributed by atoms with van der Waals surface area (Å²) >= 11 is 6.73. The van der Waals surface area contributed by atoms with Crippen molar-refractivity contribution in [1.29, 1.82) is 0 Å². The van der Waals surface area contributed by atoms with Crippen molar-refractivity contribution in [3.8, 4) is 5.75 Å². The van der Waals surface area contributed by atoms with Gasteiger partial charge in [0.15, 0.2) is 12.4 Å². The van der Waals surface area contributed by atoms with E-state index in [-0.39, 0.29) is 18.3 Å². The number of amides is 1. The monoisotopic (exact) mass is 425 g/mol. The molecule has 0 bridgehead atoms. The Labute approximate surface area is 145 Å². The Morgan fingerprint density at radius 3 is 2.36 bits per heavy atom. The quantitative estimate of drug-likeness (QED) is 0.719. The van der Waals surface area contributed by atoms with Gasteiger partial charge in [0.2, 0.25) is 5.91 Å². The number of ketones is 1. The van der Waals surface area contributed by atoms with E-state index in [1.165, 1.54) is 6.92 Å². The van der Waals surface area contributed by atoms with Gasteiger partial charge in [-0.2, -0.15) is 0 Å². The Kier molecular flexibility index (Phi) is 5.74. The van der Waals surface area contributed by atoms with E-state index < -0.39 is 0 Å². The van der Waals surface area contributed by atoms with Crippen LogP contribution < -0.4 is 10.1 Å². The van der Waals surface area contributed by atoms with Gasteiger partial charge in [-0.05, 0) is 58.4 Å². The zero-order chi connectivity index (χ0) is 16.1. The molecule has 0 atom stereocenters. The second kappa shape index (κ2) is 7.56. The maximum absolute atomic E-state index is 12.1. The molecule has 114 valence electrons. The van der Waals surface area contributed by atoms with E-state index in [4.69, 9.17) is 4.74 Å². The molecule has 0 saturated carbocycles. The van der Waals surface area contributed by atoms with E-state index >= 15 is 0 Å². The van der Waals surface area contributed by atoms with Crippen molar-refractivity contribution in [2.24, 2.45) is 0 Å². The van der Waals surface area contributed by atoms with Gasteiger partial charge < -0.3 is 10.1 Å². The number of Topliss-reactive ketones (excluding diaryl/α,β-unsaturated/α-hetero) is 1. The lowest BCUT2D eigenvalue weighted by atomic mass is 10.1. The van der Waals surface area contributed by atoms with E-state index in [1.807, 2.05) is 12.1 Å². The van der Waals surface area contributed by atoms with Gasteiger partial charge in [0.05, 0.1) is 4.47 Å². The lowest BCUT2D eigenvalue weighted by molar-refractivity contribution is -0.114. The molecule has 0 unspecified atom stereocenters. The Morgan fingerprint density at radius 2 is 1.77 bits per heavy atom. The molecule has 0 aliphatic heterocycles. The van der Waals surface area contributed by atoms with Crippen LogP contribution in [0.4, 0.5) is 5.69 Å². The minimum absolute atomic E-state index is 0.0558. The molecular formula is C16H13Br2NO3. The zero-order valence-corrected chi connectivity index (χ0v) is 14.9. The van der Waals surface area contributed by atoms with Crippen LogP contribution in [-0.4, -0.2) is 18.3 Å². The summed E-state index contributed by atoms with van der Waals surface area (Å²) in [5, 5.41) is 2.65. The number of carbonyl (C=O) groups is 2. The van der Waals surface area contributed by atoms with Crippen molar-refractivity contribution >= 4 is 49.2 Å². The van der Waals surface area contributed by atoms with Crippen LogP contribution in [0.15, 0.2) is 51.4 Å². The molecule has 2 aromatic rings. The van der Waals surface area contributed by atoms with E-state index in [0.29, 0.717) is 17.0 Å². The molecule has 4 nitrogen and oxygen atoms in total. The maximum atomic E-state index is 12.1. The molecule has 1 N–H and O–H groups in total. The molecule has 0 aliphatic carbocycles. The second-order valence-corrected chi connectivity index (χ2v) is 6.32. The van der Waals surface area contributed by atoms with Crippen LogP contribution in [0.1, 0.15) is 17.3 Å². The Morgan fingerprint density at radius 1 is 1.09 bits per heavy atom. The molecule has 0 saturated heterocycles. The molecule has 0 radical (unpaired) electrons. The number of halogens is 2. The highest BCUT2D eigenvalue weighted by molar-refractivity contribution is 9.11. The van der Waals surface area contributed by atoms with Crippen LogP contribution in [0.25, 0.3) is 0 Å². The number of benzene rings is 2. The minimum atomic E-state index is -0.150. The third kappa shape index (κ3) is 4.68. The van der Waals surface area contributed by atoms with E-state index in [1.54, 1.807) is 30.3 Å². The van der Waals surface area contributed by atoms with Crippen molar-refractivity contribution in [3.05, 3.63) is 57.0 Å². The van der Waals surface area contributed by atoms with Crippen molar-refractivity contribution in [1.82, 2.24) is 0 Å². The maximum Gasteiger partial charge on any atom is 0.221 e. The van der Waals surface area contributed by atoms with E-state index in [2.05, 4.69) is 37.2 Å². The SMILES string of the molecule is CC(=O)Nc1ccc(C(=O)COc2ccc(Br)cc2Br)cc1. The molecule has 0 fully saturated rings. The summed E-state index contributed by atoms with van der Waals surface area (Å²) in [6, 6.07) is 12.2. The van der Waals surface area contributed by atoms with Crippen molar-refractivity contribution in [2.45, 2.75) is 6.92 Å². The first-order chi connectivity index (χ1) is 10.5. The van der Waals surface area contributed by atoms with Gasteiger partial charge in [0.25, 0.3) is 0 Å². The first-order valence-corrected chi connectivity index (χ1v) is 8.03. The first kappa shape index (κ1) is 16.7. The summed E-state index contributed by atoms with van der Waals surface area (Å²) in [6.45, 7) is 1.38. The fourth-order valence-corrected chi connectivity index (χ4v) is 2.92. The molecule has 0 aromatic heterocycles. The number of carbonyl (C=O) groups excluding carboxylic acids is 2. The number of hydrogen-bond acceptors (Lipinski definition) is 3. The van der Waals surface area contributed by atoms with Gasteiger partial charge in [-0.3, -0.25) is 9.59 Å². The predicted octanol–water partition coefficient (Wildman–Crippen LogP) is 4.43. The number of ether oxygens (including phenoxy) is 1. The summed E-state index contributed by atoms with van der Waals surface area (Å²) < 4.78 is 7.21. The lowest BCUT2D eigenvalue weighted by Crippen LogP contribution is -2.12.